The van der Waals surface area contributed by atoms with Crippen molar-refractivity contribution in [3.8, 4) is 17.4 Å². The fourth-order valence-corrected chi connectivity index (χ4v) is 1.73. The minimum Gasteiger partial charge on any atom is -0.484 e. The van der Waals surface area contributed by atoms with Gasteiger partial charge in [0.05, 0.1) is 4.92 Å². The summed E-state index contributed by atoms with van der Waals surface area (Å²) in [5.74, 6) is 0.715. The van der Waals surface area contributed by atoms with E-state index in [1.165, 1.54) is 7.05 Å². The Morgan fingerprint density at radius 1 is 1.35 bits per heavy atom. The van der Waals surface area contributed by atoms with Crippen molar-refractivity contribution in [1.29, 1.82) is 0 Å². The summed E-state index contributed by atoms with van der Waals surface area (Å²) in [6.45, 7) is -0.0908. The van der Waals surface area contributed by atoms with Crippen LogP contribution in [0.25, 0.3) is 0 Å². The standard InChI is InChI=1S/C14H12ClN3O5/c1-16-13(19)8-22-10-2-4-11(5-3-10)23-14-12(15)6-9(7-17-14)18(20)21/h2-7H,8H2,1H3,(H,16,19). The van der Waals surface area contributed by atoms with Gasteiger partial charge < -0.3 is 14.8 Å². The van der Waals surface area contributed by atoms with Gasteiger partial charge in [-0.25, -0.2) is 4.98 Å². The van der Waals surface area contributed by atoms with Crippen molar-refractivity contribution >= 4 is 23.2 Å². The molecule has 0 bridgehead atoms. The Bertz CT molecular complexity index is 721. The summed E-state index contributed by atoms with van der Waals surface area (Å²) in [6.07, 6.45) is 1.06. The Balaban J connectivity index is 2.03. The highest BCUT2D eigenvalue weighted by atomic mass is 35.5. The van der Waals surface area contributed by atoms with Crippen molar-refractivity contribution in [2.75, 3.05) is 13.7 Å². The normalized spacial score (nSPS) is 10.0. The lowest BCUT2D eigenvalue weighted by molar-refractivity contribution is -0.385. The number of hydrogen-bond donors (Lipinski definition) is 1. The van der Waals surface area contributed by atoms with E-state index in [-0.39, 0.29) is 29.1 Å². The number of nitro groups is 1. The molecule has 2 rings (SSSR count). The molecule has 1 amide bonds. The van der Waals surface area contributed by atoms with Gasteiger partial charge in [-0.05, 0) is 24.3 Å². The number of carbonyl (C=O) groups is 1. The van der Waals surface area contributed by atoms with Crippen molar-refractivity contribution in [3.63, 3.8) is 0 Å². The molecule has 0 aliphatic rings. The molecular formula is C14H12ClN3O5. The molecule has 0 atom stereocenters. The quantitative estimate of drug-likeness (QED) is 0.641. The van der Waals surface area contributed by atoms with E-state index in [1.54, 1.807) is 24.3 Å². The van der Waals surface area contributed by atoms with Crippen LogP contribution in [-0.4, -0.2) is 29.5 Å². The van der Waals surface area contributed by atoms with Crippen LogP contribution in [0.1, 0.15) is 0 Å². The number of aromatic nitrogens is 1. The Kier molecular flexibility index (Phi) is 5.32. The molecular weight excluding hydrogens is 326 g/mol. The van der Waals surface area contributed by atoms with Crippen LogP contribution in [0.5, 0.6) is 17.4 Å². The molecule has 0 saturated heterocycles. The van der Waals surface area contributed by atoms with Gasteiger partial charge in [-0.2, -0.15) is 0 Å². The third-order valence-electron chi connectivity index (χ3n) is 2.69. The second kappa shape index (κ2) is 7.41. The third-order valence-corrected chi connectivity index (χ3v) is 2.96. The number of rotatable bonds is 6. The fraction of sp³-hybridized carbons (Fsp3) is 0.143. The Morgan fingerprint density at radius 2 is 2.00 bits per heavy atom. The van der Waals surface area contributed by atoms with Crippen LogP contribution in [0.4, 0.5) is 5.69 Å². The maximum atomic E-state index is 11.1. The van der Waals surface area contributed by atoms with Crippen LogP contribution in [0.2, 0.25) is 5.02 Å². The molecule has 0 spiro atoms. The highest BCUT2D eigenvalue weighted by Crippen LogP contribution is 2.30. The summed E-state index contributed by atoms with van der Waals surface area (Å²) < 4.78 is 10.7. The molecule has 1 N–H and O–H groups in total. The molecule has 0 aliphatic carbocycles. The number of hydrogen-bond acceptors (Lipinski definition) is 6. The first-order valence-electron chi connectivity index (χ1n) is 6.41. The van der Waals surface area contributed by atoms with Gasteiger partial charge in [-0.3, -0.25) is 14.9 Å². The lowest BCUT2D eigenvalue weighted by Crippen LogP contribution is -2.24. The molecule has 0 saturated carbocycles. The maximum Gasteiger partial charge on any atom is 0.289 e. The lowest BCUT2D eigenvalue weighted by Gasteiger charge is -2.08. The topological polar surface area (TPSA) is 104 Å². The first-order chi connectivity index (χ1) is 11.0. The first-order valence-corrected chi connectivity index (χ1v) is 6.78. The lowest BCUT2D eigenvalue weighted by atomic mass is 10.3. The molecule has 1 aromatic carbocycles. The molecule has 1 aromatic heterocycles. The number of carbonyl (C=O) groups excluding carboxylic acids is 1. The zero-order valence-corrected chi connectivity index (χ0v) is 12.7. The molecule has 120 valence electrons. The van der Waals surface area contributed by atoms with E-state index >= 15 is 0 Å². The summed E-state index contributed by atoms with van der Waals surface area (Å²) in [5, 5.41) is 13.1. The summed E-state index contributed by atoms with van der Waals surface area (Å²) in [4.78, 5) is 24.9. The largest absolute Gasteiger partial charge is 0.484 e. The van der Waals surface area contributed by atoms with E-state index in [0.717, 1.165) is 12.3 Å². The molecule has 9 heteroatoms. The van der Waals surface area contributed by atoms with E-state index in [9.17, 15) is 14.9 Å². The molecule has 0 aliphatic heterocycles. The van der Waals surface area contributed by atoms with Crippen molar-refractivity contribution in [2.45, 2.75) is 0 Å². The highest BCUT2D eigenvalue weighted by molar-refractivity contribution is 6.32. The minimum absolute atomic E-state index is 0.0270. The molecule has 2 aromatic rings. The van der Waals surface area contributed by atoms with Crippen molar-refractivity contribution < 1.29 is 19.2 Å². The zero-order chi connectivity index (χ0) is 16.8. The first kappa shape index (κ1) is 16.5. The van der Waals surface area contributed by atoms with E-state index in [1.807, 2.05) is 0 Å². The average Bonchev–Trinajstić information content (AvgIpc) is 2.55. The smallest absolute Gasteiger partial charge is 0.289 e. The second-order valence-corrected chi connectivity index (χ2v) is 4.68. The number of nitrogens with one attached hydrogen (secondary N) is 1. The number of amides is 1. The SMILES string of the molecule is CNC(=O)COc1ccc(Oc2ncc([N+](=O)[O-])cc2Cl)cc1. The summed E-state index contributed by atoms with van der Waals surface area (Å²) >= 11 is 5.89. The third kappa shape index (κ3) is 4.55. The zero-order valence-electron chi connectivity index (χ0n) is 12.0. The molecule has 0 radical (unpaired) electrons. The summed E-state index contributed by atoms with van der Waals surface area (Å²) in [6, 6.07) is 7.57. The number of halogens is 1. The van der Waals surface area contributed by atoms with Gasteiger partial charge >= 0.3 is 0 Å². The minimum atomic E-state index is -0.596. The van der Waals surface area contributed by atoms with Gasteiger partial charge in [-0.15, -0.1) is 0 Å². The summed E-state index contributed by atoms with van der Waals surface area (Å²) in [5.41, 5.74) is -0.222. The Morgan fingerprint density at radius 3 is 2.57 bits per heavy atom. The van der Waals surface area contributed by atoms with Crippen LogP contribution in [0.3, 0.4) is 0 Å². The number of pyridine rings is 1. The fourth-order valence-electron chi connectivity index (χ4n) is 1.53. The Hall–Kier alpha value is -2.87. The number of benzene rings is 1. The monoisotopic (exact) mass is 337 g/mol. The predicted molar refractivity (Wildman–Crippen MR) is 82.0 cm³/mol. The van der Waals surface area contributed by atoms with Gasteiger partial charge in [0, 0.05) is 13.1 Å². The van der Waals surface area contributed by atoms with Gasteiger partial charge in [0.2, 0.25) is 5.88 Å². The number of nitrogens with zero attached hydrogens (tertiary/aromatic N) is 2. The van der Waals surface area contributed by atoms with Crippen molar-refractivity contribution in [2.24, 2.45) is 0 Å². The van der Waals surface area contributed by atoms with Crippen molar-refractivity contribution in [3.05, 3.63) is 51.7 Å². The highest BCUT2D eigenvalue weighted by Gasteiger charge is 2.12. The molecule has 0 unspecified atom stereocenters. The van der Waals surface area contributed by atoms with Crippen molar-refractivity contribution in [1.82, 2.24) is 10.3 Å². The average molecular weight is 338 g/mol. The maximum absolute atomic E-state index is 11.1. The Labute approximate surface area is 136 Å². The van der Waals surface area contributed by atoms with Crippen LogP contribution in [0.15, 0.2) is 36.5 Å². The van der Waals surface area contributed by atoms with E-state index in [2.05, 4.69) is 10.3 Å². The van der Waals surface area contributed by atoms with E-state index in [4.69, 9.17) is 21.1 Å². The van der Waals surface area contributed by atoms with Crippen LogP contribution in [-0.2, 0) is 4.79 Å². The van der Waals surface area contributed by atoms with Gasteiger partial charge in [0.25, 0.3) is 11.6 Å². The molecule has 8 nitrogen and oxygen atoms in total. The molecule has 0 fully saturated rings. The second-order valence-electron chi connectivity index (χ2n) is 4.27. The van der Waals surface area contributed by atoms with E-state index < -0.39 is 4.92 Å². The number of likely N-dealkylation sites (N-methyl/N-ethyl adjacent to an activating group) is 1. The van der Waals surface area contributed by atoms with Crippen LogP contribution >= 0.6 is 11.6 Å². The number of ether oxygens (including phenoxy) is 2. The van der Waals surface area contributed by atoms with Gasteiger partial charge in [-0.1, -0.05) is 11.6 Å². The molecule has 23 heavy (non-hydrogen) atoms. The summed E-state index contributed by atoms with van der Waals surface area (Å²) in [7, 11) is 1.52. The van der Waals surface area contributed by atoms with Crippen LogP contribution < -0.4 is 14.8 Å². The van der Waals surface area contributed by atoms with Gasteiger partial charge in [0.15, 0.2) is 6.61 Å². The van der Waals surface area contributed by atoms with Gasteiger partial charge in [0.1, 0.15) is 22.7 Å². The molecule has 1 heterocycles. The van der Waals surface area contributed by atoms with Crippen LogP contribution in [0, 0.1) is 10.1 Å². The van der Waals surface area contributed by atoms with E-state index in [0.29, 0.717) is 11.5 Å². The predicted octanol–water partition coefficient (Wildman–Crippen LogP) is 2.56.